The first-order valence-electron chi connectivity index (χ1n) is 5.97. The van der Waals surface area contributed by atoms with E-state index in [0.29, 0.717) is 0 Å². The summed E-state index contributed by atoms with van der Waals surface area (Å²) in [5.41, 5.74) is -0.549. The first-order chi connectivity index (χ1) is 7.59. The van der Waals surface area contributed by atoms with E-state index in [-0.39, 0.29) is 13.2 Å². The number of rotatable bonds is 6. The summed E-state index contributed by atoms with van der Waals surface area (Å²) < 4.78 is 0. The molecule has 0 radical (unpaired) electrons. The smallest absolute Gasteiger partial charge is 0.0633 e. The van der Waals surface area contributed by atoms with Crippen LogP contribution in [0.2, 0.25) is 0 Å². The Labute approximate surface area is 98.0 Å². The molecular weight excluding hydrogens is 206 g/mol. The van der Waals surface area contributed by atoms with Gasteiger partial charge >= 0.3 is 0 Å². The van der Waals surface area contributed by atoms with Crippen LogP contribution < -0.4 is 5.32 Å². The van der Waals surface area contributed by atoms with E-state index >= 15 is 0 Å². The predicted molar refractivity (Wildman–Crippen MR) is 64.5 cm³/mol. The van der Waals surface area contributed by atoms with E-state index in [2.05, 4.69) is 22.2 Å². The first-order valence-corrected chi connectivity index (χ1v) is 5.97. The maximum absolute atomic E-state index is 9.11. The van der Waals surface area contributed by atoms with Gasteiger partial charge in [0, 0.05) is 39.3 Å². The molecule has 0 amide bonds. The Morgan fingerprint density at radius 2 is 1.69 bits per heavy atom. The molecule has 1 aliphatic rings. The Morgan fingerprint density at radius 1 is 1.12 bits per heavy atom. The molecule has 5 nitrogen and oxygen atoms in total. The quantitative estimate of drug-likeness (QED) is 0.523. The Kier molecular flexibility index (Phi) is 5.64. The first kappa shape index (κ1) is 13.9. The van der Waals surface area contributed by atoms with Crippen LogP contribution in [-0.2, 0) is 0 Å². The third kappa shape index (κ3) is 4.35. The van der Waals surface area contributed by atoms with Gasteiger partial charge in [-0.05, 0) is 14.0 Å². The van der Waals surface area contributed by atoms with Crippen LogP contribution in [0.3, 0.4) is 0 Å². The van der Waals surface area contributed by atoms with Gasteiger partial charge in [0.15, 0.2) is 0 Å². The van der Waals surface area contributed by atoms with Crippen molar-refractivity contribution < 1.29 is 10.2 Å². The van der Waals surface area contributed by atoms with Crippen LogP contribution in [0.15, 0.2) is 0 Å². The molecule has 0 spiro atoms. The Hall–Kier alpha value is -0.200. The lowest BCUT2D eigenvalue weighted by Gasteiger charge is -2.33. The summed E-state index contributed by atoms with van der Waals surface area (Å²) in [6.07, 6.45) is 0. The van der Waals surface area contributed by atoms with Gasteiger partial charge in [0.2, 0.25) is 0 Å². The van der Waals surface area contributed by atoms with Crippen molar-refractivity contribution in [2.24, 2.45) is 0 Å². The van der Waals surface area contributed by atoms with Crippen molar-refractivity contribution in [3.8, 4) is 0 Å². The molecule has 0 bridgehead atoms. The molecule has 3 N–H and O–H groups in total. The zero-order valence-electron chi connectivity index (χ0n) is 10.4. The zero-order valence-corrected chi connectivity index (χ0v) is 10.4. The fraction of sp³-hybridized carbons (Fsp3) is 1.00. The van der Waals surface area contributed by atoms with Crippen molar-refractivity contribution in [2.45, 2.75) is 12.5 Å². The second-order valence-electron chi connectivity index (χ2n) is 4.95. The number of hydrogen-bond acceptors (Lipinski definition) is 5. The Balaban J connectivity index is 2.15. The summed E-state index contributed by atoms with van der Waals surface area (Å²) in [5.74, 6) is 0. The Morgan fingerprint density at radius 3 is 2.19 bits per heavy atom. The lowest BCUT2D eigenvalue weighted by Crippen LogP contribution is -2.53. The molecule has 5 heteroatoms. The summed E-state index contributed by atoms with van der Waals surface area (Å²) in [6.45, 7) is 8.00. The molecule has 0 saturated carbocycles. The van der Waals surface area contributed by atoms with Crippen LogP contribution in [0, 0.1) is 0 Å². The van der Waals surface area contributed by atoms with Crippen LogP contribution in [-0.4, -0.2) is 85.1 Å². The molecule has 1 saturated heterocycles. The zero-order chi connectivity index (χ0) is 12.0. The van der Waals surface area contributed by atoms with Gasteiger partial charge in [-0.15, -0.1) is 0 Å². The van der Waals surface area contributed by atoms with Gasteiger partial charge in [-0.2, -0.15) is 0 Å². The van der Waals surface area contributed by atoms with Crippen molar-refractivity contribution in [2.75, 3.05) is 59.5 Å². The van der Waals surface area contributed by atoms with Crippen LogP contribution in [0.4, 0.5) is 0 Å². The van der Waals surface area contributed by atoms with Crippen molar-refractivity contribution in [1.29, 1.82) is 0 Å². The minimum Gasteiger partial charge on any atom is -0.394 e. The van der Waals surface area contributed by atoms with Gasteiger partial charge in [-0.3, -0.25) is 4.90 Å². The van der Waals surface area contributed by atoms with E-state index in [1.807, 2.05) is 6.92 Å². The second kappa shape index (κ2) is 6.51. The maximum Gasteiger partial charge on any atom is 0.0633 e. The lowest BCUT2D eigenvalue weighted by molar-refractivity contribution is 0.0963. The number of aliphatic hydroxyl groups excluding tert-OH is 2. The molecule has 0 atom stereocenters. The van der Waals surface area contributed by atoms with Crippen LogP contribution in [0.1, 0.15) is 6.92 Å². The molecule has 1 fully saturated rings. The maximum atomic E-state index is 9.11. The third-order valence-corrected chi connectivity index (χ3v) is 3.27. The number of piperazine rings is 1. The number of likely N-dealkylation sites (N-methyl/N-ethyl adjacent to an activating group) is 1. The predicted octanol–water partition coefficient (Wildman–Crippen LogP) is -1.43. The molecule has 1 rings (SSSR count). The summed E-state index contributed by atoms with van der Waals surface area (Å²) in [6, 6.07) is 0. The number of aliphatic hydroxyl groups is 2. The summed E-state index contributed by atoms with van der Waals surface area (Å²) in [7, 11) is 2.14. The number of nitrogens with zero attached hydrogens (tertiary/aromatic N) is 2. The largest absolute Gasteiger partial charge is 0.394 e. The van der Waals surface area contributed by atoms with Crippen LogP contribution >= 0.6 is 0 Å². The highest BCUT2D eigenvalue weighted by Crippen LogP contribution is 2.01. The fourth-order valence-electron chi connectivity index (χ4n) is 1.75. The van der Waals surface area contributed by atoms with Gasteiger partial charge in [0.05, 0.1) is 18.8 Å². The van der Waals surface area contributed by atoms with E-state index in [1.54, 1.807) is 0 Å². The van der Waals surface area contributed by atoms with Crippen molar-refractivity contribution in [3.63, 3.8) is 0 Å². The SMILES string of the molecule is CN1CCN(CCNC(C)(CO)CO)CC1. The molecule has 16 heavy (non-hydrogen) atoms. The van der Waals surface area contributed by atoms with Crippen molar-refractivity contribution >= 4 is 0 Å². The molecule has 1 aliphatic heterocycles. The molecule has 0 aliphatic carbocycles. The highest BCUT2D eigenvalue weighted by molar-refractivity contribution is 4.82. The van der Waals surface area contributed by atoms with Gasteiger partial charge in [0.25, 0.3) is 0 Å². The summed E-state index contributed by atoms with van der Waals surface area (Å²) in [4.78, 5) is 4.73. The summed E-state index contributed by atoms with van der Waals surface area (Å²) in [5, 5.41) is 21.4. The minimum absolute atomic E-state index is 0.0355. The summed E-state index contributed by atoms with van der Waals surface area (Å²) >= 11 is 0. The molecule has 96 valence electrons. The minimum atomic E-state index is -0.549. The number of hydrogen-bond donors (Lipinski definition) is 3. The fourth-order valence-corrected chi connectivity index (χ4v) is 1.75. The van der Waals surface area contributed by atoms with E-state index in [1.165, 1.54) is 0 Å². The van der Waals surface area contributed by atoms with E-state index in [9.17, 15) is 0 Å². The molecule has 0 aromatic rings. The van der Waals surface area contributed by atoms with E-state index in [0.717, 1.165) is 39.3 Å². The highest BCUT2D eigenvalue weighted by Gasteiger charge is 2.21. The average molecular weight is 231 g/mol. The third-order valence-electron chi connectivity index (χ3n) is 3.27. The lowest BCUT2D eigenvalue weighted by atomic mass is 10.1. The monoisotopic (exact) mass is 231 g/mol. The second-order valence-corrected chi connectivity index (χ2v) is 4.95. The van der Waals surface area contributed by atoms with Gasteiger partial charge in [0.1, 0.15) is 0 Å². The Bertz CT molecular complexity index is 190. The molecular formula is C11H25N3O2. The molecule has 1 heterocycles. The van der Waals surface area contributed by atoms with Gasteiger partial charge < -0.3 is 20.4 Å². The van der Waals surface area contributed by atoms with E-state index in [4.69, 9.17) is 10.2 Å². The van der Waals surface area contributed by atoms with Gasteiger partial charge in [-0.25, -0.2) is 0 Å². The standard InChI is InChI=1S/C11H25N3O2/c1-11(9-15,10-16)12-3-4-14-7-5-13(2)6-8-14/h12,15-16H,3-10H2,1-2H3. The molecule has 0 unspecified atom stereocenters. The van der Waals surface area contributed by atoms with Crippen molar-refractivity contribution in [1.82, 2.24) is 15.1 Å². The van der Waals surface area contributed by atoms with Gasteiger partial charge in [-0.1, -0.05) is 0 Å². The molecule has 0 aromatic carbocycles. The average Bonchev–Trinajstić information content (AvgIpc) is 2.31. The van der Waals surface area contributed by atoms with Crippen LogP contribution in [0.25, 0.3) is 0 Å². The normalized spacial score (nSPS) is 20.2. The van der Waals surface area contributed by atoms with Crippen molar-refractivity contribution in [3.05, 3.63) is 0 Å². The van der Waals surface area contributed by atoms with Crippen LogP contribution in [0.5, 0.6) is 0 Å². The number of nitrogens with one attached hydrogen (secondary N) is 1. The molecule has 0 aromatic heterocycles. The van der Waals surface area contributed by atoms with E-state index < -0.39 is 5.54 Å². The highest BCUT2D eigenvalue weighted by atomic mass is 16.3. The topological polar surface area (TPSA) is 59.0 Å².